The summed E-state index contributed by atoms with van der Waals surface area (Å²) in [5, 5.41) is 6.81. The average Bonchev–Trinajstić information content (AvgIpc) is 2.78. The van der Waals surface area contributed by atoms with Gasteiger partial charge in [-0.1, -0.05) is 0 Å². The van der Waals surface area contributed by atoms with Crippen molar-refractivity contribution in [3.63, 3.8) is 0 Å². The van der Waals surface area contributed by atoms with Crippen LogP contribution in [0.3, 0.4) is 0 Å². The van der Waals surface area contributed by atoms with Crippen molar-refractivity contribution in [3.8, 4) is 0 Å². The Labute approximate surface area is 171 Å². The van der Waals surface area contributed by atoms with Gasteiger partial charge in [0.25, 0.3) is 0 Å². The first-order valence-electron chi connectivity index (χ1n) is 9.18. The Morgan fingerprint density at radius 1 is 1.12 bits per heavy atom. The molecule has 1 aliphatic rings. The summed E-state index contributed by atoms with van der Waals surface area (Å²) < 4.78 is 5.08. The normalized spacial score (nSPS) is 17.2. The Morgan fingerprint density at radius 3 is 2.60 bits per heavy atom. The summed E-state index contributed by atoms with van der Waals surface area (Å²) in [7, 11) is 7.93. The van der Waals surface area contributed by atoms with Gasteiger partial charge in [-0.2, -0.15) is 0 Å². The maximum atomic E-state index is 5.08. The van der Waals surface area contributed by atoms with Crippen molar-refractivity contribution < 1.29 is 4.74 Å². The van der Waals surface area contributed by atoms with Gasteiger partial charge in [-0.15, -0.1) is 24.0 Å². The van der Waals surface area contributed by atoms with Crippen LogP contribution < -0.4 is 10.6 Å². The van der Waals surface area contributed by atoms with Crippen LogP contribution in [0, 0.1) is 0 Å². The Morgan fingerprint density at radius 2 is 1.88 bits per heavy atom. The monoisotopic (exact) mass is 470 g/mol. The number of halogens is 1. The molecule has 0 amide bonds. The van der Waals surface area contributed by atoms with Crippen molar-refractivity contribution in [2.75, 3.05) is 93.8 Å². The summed E-state index contributed by atoms with van der Waals surface area (Å²) in [6.07, 6.45) is 2.34. The standard InChI is InChI=1S/C17H38N6O.HI/c1-18-17(19-7-12-21(2)10-6-16-24-4)20-8-13-23-11-5-9-22(3)14-15-23;/h5-16H2,1-4H3,(H2,18,19,20);1H. The number of aliphatic imine (C=N–C) groups is 1. The number of ether oxygens (including phenoxy) is 1. The summed E-state index contributed by atoms with van der Waals surface area (Å²) in [5.74, 6) is 0.896. The molecule has 0 atom stereocenters. The largest absolute Gasteiger partial charge is 0.385 e. The molecule has 1 aliphatic heterocycles. The lowest BCUT2D eigenvalue weighted by molar-refractivity contribution is 0.180. The van der Waals surface area contributed by atoms with E-state index in [1.54, 1.807) is 7.11 Å². The molecule has 0 saturated carbocycles. The molecule has 1 fully saturated rings. The number of likely N-dealkylation sites (N-methyl/N-ethyl adjacent to an activating group) is 2. The lowest BCUT2D eigenvalue weighted by Gasteiger charge is -2.21. The van der Waals surface area contributed by atoms with Gasteiger partial charge in [-0.25, -0.2) is 0 Å². The molecule has 0 aromatic heterocycles. The maximum Gasteiger partial charge on any atom is 0.191 e. The summed E-state index contributed by atoms with van der Waals surface area (Å²) in [6, 6.07) is 0. The number of hydrogen-bond acceptors (Lipinski definition) is 5. The van der Waals surface area contributed by atoms with Gasteiger partial charge < -0.3 is 30.1 Å². The zero-order valence-electron chi connectivity index (χ0n) is 16.6. The molecule has 25 heavy (non-hydrogen) atoms. The molecule has 0 bridgehead atoms. The fourth-order valence-electron chi connectivity index (χ4n) is 2.83. The molecule has 7 nitrogen and oxygen atoms in total. The second-order valence-corrected chi connectivity index (χ2v) is 6.57. The zero-order chi connectivity index (χ0) is 17.6. The van der Waals surface area contributed by atoms with Crippen LogP contribution in [0.25, 0.3) is 0 Å². The molecule has 2 N–H and O–H groups in total. The molecular weight excluding hydrogens is 431 g/mol. The van der Waals surface area contributed by atoms with E-state index in [4.69, 9.17) is 4.74 Å². The van der Waals surface area contributed by atoms with Gasteiger partial charge in [0.1, 0.15) is 0 Å². The lowest BCUT2D eigenvalue weighted by Crippen LogP contribution is -2.44. The Kier molecular flexibility index (Phi) is 15.9. The molecule has 150 valence electrons. The highest BCUT2D eigenvalue weighted by Crippen LogP contribution is 1.99. The van der Waals surface area contributed by atoms with E-state index in [2.05, 4.69) is 44.4 Å². The molecule has 0 aromatic rings. The van der Waals surface area contributed by atoms with Crippen LogP contribution in [0.15, 0.2) is 4.99 Å². The number of guanidine groups is 1. The maximum absolute atomic E-state index is 5.08. The third kappa shape index (κ3) is 12.8. The predicted molar refractivity (Wildman–Crippen MR) is 117 cm³/mol. The van der Waals surface area contributed by atoms with E-state index in [0.29, 0.717) is 0 Å². The zero-order valence-corrected chi connectivity index (χ0v) is 18.9. The number of rotatable bonds is 10. The van der Waals surface area contributed by atoms with Crippen molar-refractivity contribution >= 4 is 29.9 Å². The van der Waals surface area contributed by atoms with Crippen LogP contribution in [-0.4, -0.2) is 114 Å². The van der Waals surface area contributed by atoms with E-state index in [0.717, 1.165) is 58.3 Å². The highest BCUT2D eigenvalue weighted by atomic mass is 127. The highest BCUT2D eigenvalue weighted by molar-refractivity contribution is 14.0. The van der Waals surface area contributed by atoms with Gasteiger partial charge in [-0.3, -0.25) is 4.99 Å². The van der Waals surface area contributed by atoms with Crippen LogP contribution in [0.2, 0.25) is 0 Å². The summed E-state index contributed by atoms with van der Waals surface area (Å²) in [5.41, 5.74) is 0. The fraction of sp³-hybridized carbons (Fsp3) is 0.941. The summed E-state index contributed by atoms with van der Waals surface area (Å²) in [4.78, 5) is 11.6. The van der Waals surface area contributed by atoms with Crippen LogP contribution in [-0.2, 0) is 4.74 Å². The van der Waals surface area contributed by atoms with Gasteiger partial charge in [-0.05, 0) is 40.0 Å². The lowest BCUT2D eigenvalue weighted by atomic mass is 10.4. The minimum absolute atomic E-state index is 0. The quantitative estimate of drug-likeness (QED) is 0.208. The summed E-state index contributed by atoms with van der Waals surface area (Å²) >= 11 is 0. The second kappa shape index (κ2) is 16.0. The Hall–Kier alpha value is -0.160. The van der Waals surface area contributed by atoms with Gasteiger partial charge in [0.15, 0.2) is 5.96 Å². The van der Waals surface area contributed by atoms with E-state index in [9.17, 15) is 0 Å². The van der Waals surface area contributed by atoms with E-state index < -0.39 is 0 Å². The first kappa shape index (κ1) is 24.8. The van der Waals surface area contributed by atoms with E-state index in [-0.39, 0.29) is 24.0 Å². The smallest absolute Gasteiger partial charge is 0.191 e. The van der Waals surface area contributed by atoms with E-state index in [1.165, 1.54) is 26.1 Å². The molecule has 0 radical (unpaired) electrons. The SMILES string of the molecule is CN=C(NCCN(C)CCCOC)NCCN1CCCN(C)CC1.I. The van der Waals surface area contributed by atoms with Gasteiger partial charge in [0.2, 0.25) is 0 Å². The van der Waals surface area contributed by atoms with E-state index >= 15 is 0 Å². The van der Waals surface area contributed by atoms with Crippen molar-refractivity contribution in [2.24, 2.45) is 4.99 Å². The molecular formula is C17H39IN6O. The number of nitrogens with zero attached hydrogens (tertiary/aromatic N) is 4. The highest BCUT2D eigenvalue weighted by Gasteiger charge is 2.11. The topological polar surface area (TPSA) is 55.4 Å². The first-order valence-corrected chi connectivity index (χ1v) is 9.18. The molecule has 0 spiro atoms. The minimum Gasteiger partial charge on any atom is -0.385 e. The predicted octanol–water partition coefficient (Wildman–Crippen LogP) is 0.375. The van der Waals surface area contributed by atoms with Crippen LogP contribution in [0.4, 0.5) is 0 Å². The van der Waals surface area contributed by atoms with Crippen molar-refractivity contribution in [2.45, 2.75) is 12.8 Å². The Bertz CT molecular complexity index is 345. The molecule has 0 aliphatic carbocycles. The third-order valence-electron chi connectivity index (χ3n) is 4.43. The minimum atomic E-state index is 0. The van der Waals surface area contributed by atoms with Crippen LogP contribution in [0.1, 0.15) is 12.8 Å². The van der Waals surface area contributed by atoms with Gasteiger partial charge >= 0.3 is 0 Å². The first-order chi connectivity index (χ1) is 11.7. The van der Waals surface area contributed by atoms with Crippen molar-refractivity contribution in [1.29, 1.82) is 0 Å². The molecule has 1 rings (SSSR count). The molecule has 1 heterocycles. The Balaban J connectivity index is 0.00000576. The molecule has 8 heteroatoms. The number of nitrogens with one attached hydrogen (secondary N) is 2. The van der Waals surface area contributed by atoms with Crippen molar-refractivity contribution in [3.05, 3.63) is 0 Å². The number of hydrogen-bond donors (Lipinski definition) is 2. The van der Waals surface area contributed by atoms with Crippen LogP contribution >= 0.6 is 24.0 Å². The third-order valence-corrected chi connectivity index (χ3v) is 4.43. The average molecular weight is 470 g/mol. The number of methoxy groups -OCH3 is 1. The van der Waals surface area contributed by atoms with Crippen molar-refractivity contribution in [1.82, 2.24) is 25.3 Å². The molecule has 0 unspecified atom stereocenters. The van der Waals surface area contributed by atoms with E-state index in [1.807, 2.05) is 7.05 Å². The van der Waals surface area contributed by atoms with Crippen LogP contribution in [0.5, 0.6) is 0 Å². The fourth-order valence-corrected chi connectivity index (χ4v) is 2.83. The second-order valence-electron chi connectivity index (χ2n) is 6.57. The molecule has 1 saturated heterocycles. The van der Waals surface area contributed by atoms with Gasteiger partial charge in [0, 0.05) is 66.6 Å². The summed E-state index contributed by atoms with van der Waals surface area (Å²) in [6.45, 7) is 10.5. The van der Waals surface area contributed by atoms with Gasteiger partial charge in [0.05, 0.1) is 0 Å². The molecule has 0 aromatic carbocycles.